The van der Waals surface area contributed by atoms with Crippen molar-refractivity contribution in [1.29, 1.82) is 0 Å². The van der Waals surface area contributed by atoms with Crippen LogP contribution in [0, 0.1) is 11.7 Å². The summed E-state index contributed by atoms with van der Waals surface area (Å²) in [6, 6.07) is 2.87. The number of carbonyl (C=O) groups is 1. The van der Waals surface area contributed by atoms with Gasteiger partial charge in [0.25, 0.3) is 5.91 Å². The highest BCUT2D eigenvalue weighted by atomic mass is 32.2. The van der Waals surface area contributed by atoms with Gasteiger partial charge >= 0.3 is 0 Å². The lowest BCUT2D eigenvalue weighted by atomic mass is 9.99. The van der Waals surface area contributed by atoms with Crippen LogP contribution in [-0.4, -0.2) is 36.1 Å². The number of carbonyl (C=O) groups excluding carboxylic acids is 1. The van der Waals surface area contributed by atoms with E-state index in [9.17, 15) is 13.4 Å². The van der Waals surface area contributed by atoms with Crippen LogP contribution in [0.25, 0.3) is 0 Å². The molecule has 2 fully saturated rings. The Bertz CT molecular complexity index is 643. The second kappa shape index (κ2) is 7.61. The molecule has 1 aromatic rings. The summed E-state index contributed by atoms with van der Waals surface area (Å²) in [5, 5.41) is 3.31. The third-order valence-electron chi connectivity index (χ3n) is 4.53. The van der Waals surface area contributed by atoms with Crippen LogP contribution in [0.15, 0.2) is 12.1 Å². The summed E-state index contributed by atoms with van der Waals surface area (Å²) in [5.74, 6) is 0.0599. The summed E-state index contributed by atoms with van der Waals surface area (Å²) in [4.78, 5) is 12.0. The predicted octanol–water partition coefficient (Wildman–Crippen LogP) is 2.10. The van der Waals surface area contributed by atoms with Crippen LogP contribution in [0.3, 0.4) is 0 Å². The molecule has 5 nitrogen and oxygen atoms in total. The summed E-state index contributed by atoms with van der Waals surface area (Å²) < 4.78 is 33.6. The number of hydrogen-bond acceptors (Lipinski definition) is 4. The zero-order valence-electron chi connectivity index (χ0n) is 13.8. The van der Waals surface area contributed by atoms with Crippen LogP contribution in [-0.2, 0) is 11.0 Å². The molecular weight excluding hydrogens is 331 g/mol. The first kappa shape index (κ1) is 17.4. The fourth-order valence-corrected chi connectivity index (χ4v) is 3.40. The molecule has 0 radical (unpaired) electrons. The third-order valence-corrected chi connectivity index (χ3v) is 5.00. The monoisotopic (exact) mass is 354 g/mol. The van der Waals surface area contributed by atoms with E-state index < -0.39 is 22.7 Å². The Labute approximate surface area is 143 Å². The Kier molecular flexibility index (Phi) is 5.50. The average Bonchev–Trinajstić information content (AvgIpc) is 3.38. The molecule has 2 N–H and O–H groups in total. The largest absolute Gasteiger partial charge is 0.493 e. The summed E-state index contributed by atoms with van der Waals surface area (Å²) in [5.41, 5.74) is 0.818. The van der Waals surface area contributed by atoms with Gasteiger partial charge in [0.05, 0.1) is 12.2 Å². The van der Waals surface area contributed by atoms with Crippen LogP contribution in [0.2, 0.25) is 0 Å². The number of halogens is 1. The third kappa shape index (κ3) is 4.33. The minimum absolute atomic E-state index is 0.0682. The number of hydrogen-bond donors (Lipinski definition) is 2. The highest BCUT2D eigenvalue weighted by molar-refractivity contribution is 7.82. The minimum Gasteiger partial charge on any atom is -0.493 e. The van der Waals surface area contributed by atoms with E-state index in [-0.39, 0.29) is 5.56 Å². The number of piperidine rings is 1. The standard InChI is InChI=1S/C17H23FN2O3S/c1-24(22)20-17(21)14-8-13(12-2-3-12)16(9-15(14)18)23-10-11-4-6-19-7-5-11/h8-9,11-12,19H,2-7,10H2,1H3,(H,20,21). The molecular formula is C17H23FN2O3S. The van der Waals surface area contributed by atoms with Crippen molar-refractivity contribution in [2.24, 2.45) is 5.92 Å². The lowest BCUT2D eigenvalue weighted by Crippen LogP contribution is -2.30. The molecule has 0 aromatic heterocycles. The highest BCUT2D eigenvalue weighted by Crippen LogP contribution is 2.45. The van der Waals surface area contributed by atoms with Gasteiger partial charge in [0, 0.05) is 12.3 Å². The molecule has 0 bridgehead atoms. The van der Waals surface area contributed by atoms with Crippen LogP contribution < -0.4 is 14.8 Å². The lowest BCUT2D eigenvalue weighted by molar-refractivity contribution is 0.0979. The maximum atomic E-state index is 14.3. The molecule has 24 heavy (non-hydrogen) atoms. The molecule has 1 aliphatic carbocycles. The number of nitrogens with one attached hydrogen (secondary N) is 2. The highest BCUT2D eigenvalue weighted by Gasteiger charge is 2.30. The number of amides is 1. The quantitative estimate of drug-likeness (QED) is 0.821. The van der Waals surface area contributed by atoms with Gasteiger partial charge in [-0.15, -0.1) is 0 Å². The molecule has 2 aliphatic rings. The van der Waals surface area contributed by atoms with Crippen molar-refractivity contribution in [2.75, 3.05) is 26.0 Å². The van der Waals surface area contributed by atoms with Gasteiger partial charge in [0.2, 0.25) is 0 Å². The van der Waals surface area contributed by atoms with Crippen molar-refractivity contribution in [2.45, 2.75) is 31.6 Å². The van der Waals surface area contributed by atoms with Crippen LogP contribution in [0.4, 0.5) is 4.39 Å². The molecule has 1 atom stereocenters. The lowest BCUT2D eigenvalue weighted by Gasteiger charge is -2.23. The van der Waals surface area contributed by atoms with E-state index in [2.05, 4.69) is 10.0 Å². The van der Waals surface area contributed by atoms with E-state index in [1.54, 1.807) is 6.07 Å². The summed E-state index contributed by atoms with van der Waals surface area (Å²) in [6.45, 7) is 2.56. The van der Waals surface area contributed by atoms with Gasteiger partial charge in [-0.3, -0.25) is 9.52 Å². The summed E-state index contributed by atoms with van der Waals surface area (Å²) in [6.07, 6.45) is 5.51. The fourth-order valence-electron chi connectivity index (χ4n) is 3.03. The first-order chi connectivity index (χ1) is 11.5. The molecule has 1 unspecified atom stereocenters. The van der Waals surface area contributed by atoms with Crippen molar-refractivity contribution in [3.63, 3.8) is 0 Å². The number of rotatable bonds is 6. The molecule has 1 saturated heterocycles. The van der Waals surface area contributed by atoms with Crippen LogP contribution in [0.1, 0.15) is 47.5 Å². The maximum absolute atomic E-state index is 14.3. The molecule has 7 heteroatoms. The topological polar surface area (TPSA) is 67.4 Å². The SMILES string of the molecule is CS(=O)NC(=O)c1cc(C2CC2)c(OCC2CCNCC2)cc1F. The second-order valence-corrected chi connectivity index (χ2v) is 7.65. The van der Waals surface area contributed by atoms with Gasteiger partial charge in [-0.25, -0.2) is 8.60 Å². The smallest absolute Gasteiger partial charge is 0.265 e. The molecule has 1 heterocycles. The Morgan fingerprint density at radius 3 is 2.67 bits per heavy atom. The number of benzene rings is 1. The van der Waals surface area contributed by atoms with E-state index in [1.165, 1.54) is 12.3 Å². The maximum Gasteiger partial charge on any atom is 0.265 e. The van der Waals surface area contributed by atoms with Gasteiger partial charge in [0.15, 0.2) is 0 Å². The van der Waals surface area contributed by atoms with Crippen molar-refractivity contribution >= 4 is 16.9 Å². The van der Waals surface area contributed by atoms with Crippen LogP contribution in [0.5, 0.6) is 5.75 Å². The molecule has 1 saturated carbocycles. The van der Waals surface area contributed by atoms with Crippen molar-refractivity contribution in [3.8, 4) is 5.75 Å². The van der Waals surface area contributed by atoms with Gasteiger partial charge < -0.3 is 10.1 Å². The second-order valence-electron chi connectivity index (χ2n) is 6.53. The normalized spacial score (nSPS) is 19.8. The molecule has 132 valence electrons. The zero-order chi connectivity index (χ0) is 17.1. The Morgan fingerprint density at radius 2 is 2.04 bits per heavy atom. The Morgan fingerprint density at radius 1 is 1.33 bits per heavy atom. The predicted molar refractivity (Wildman–Crippen MR) is 91.0 cm³/mol. The van der Waals surface area contributed by atoms with Gasteiger partial charge in [-0.2, -0.15) is 0 Å². The minimum atomic E-state index is -1.52. The fraction of sp³-hybridized carbons (Fsp3) is 0.588. The zero-order valence-corrected chi connectivity index (χ0v) is 14.6. The van der Waals surface area contributed by atoms with Crippen molar-refractivity contribution < 1.29 is 18.1 Å². The summed E-state index contributed by atoms with van der Waals surface area (Å²) in [7, 11) is -1.52. The molecule has 1 amide bonds. The van der Waals surface area contributed by atoms with E-state index in [4.69, 9.17) is 4.74 Å². The first-order valence-corrected chi connectivity index (χ1v) is 9.91. The van der Waals surface area contributed by atoms with E-state index in [1.807, 2.05) is 0 Å². The van der Waals surface area contributed by atoms with E-state index in [0.29, 0.717) is 24.2 Å². The average molecular weight is 354 g/mol. The number of ether oxygens (including phenoxy) is 1. The Balaban J connectivity index is 1.77. The first-order valence-electron chi connectivity index (χ1n) is 8.36. The molecule has 1 aromatic carbocycles. The molecule has 0 spiro atoms. The van der Waals surface area contributed by atoms with Gasteiger partial charge in [-0.05, 0) is 62.2 Å². The van der Waals surface area contributed by atoms with Crippen molar-refractivity contribution in [3.05, 3.63) is 29.1 Å². The molecule has 3 rings (SSSR count). The van der Waals surface area contributed by atoms with Gasteiger partial charge in [-0.1, -0.05) is 0 Å². The van der Waals surface area contributed by atoms with Crippen molar-refractivity contribution in [1.82, 2.24) is 10.0 Å². The van der Waals surface area contributed by atoms with Crippen LogP contribution >= 0.6 is 0 Å². The molecule has 1 aliphatic heterocycles. The summed E-state index contributed by atoms with van der Waals surface area (Å²) >= 11 is 0. The Hall–Kier alpha value is -1.47. The van der Waals surface area contributed by atoms with Gasteiger partial charge in [0.1, 0.15) is 22.6 Å². The van der Waals surface area contributed by atoms with E-state index in [0.717, 1.165) is 44.3 Å². The van der Waals surface area contributed by atoms with E-state index >= 15 is 0 Å².